The van der Waals surface area contributed by atoms with Gasteiger partial charge in [-0.15, -0.1) is 0 Å². The average Bonchev–Trinajstić information content (AvgIpc) is 2.58. The molecule has 8 heteroatoms. The highest BCUT2D eigenvalue weighted by Gasteiger charge is 2.65. The SMILES string of the molecule is CN1C(=O)[C@@H]2[C@@H](C(F)(F)F)N(C)O[C@H]2C1=O. The fourth-order valence-electron chi connectivity index (χ4n) is 2.10. The standard InChI is InChI=1S/C8H9F3N2O3/c1-12-6(14)3-4(7(12)15)16-13(2)5(3)8(9,10)11/h3-5H,1-2H3/t3-,4+,5-/m0/s1. The summed E-state index contributed by atoms with van der Waals surface area (Å²) < 4.78 is 38.0. The maximum Gasteiger partial charge on any atom is 0.407 e. The van der Waals surface area contributed by atoms with Crippen molar-refractivity contribution >= 4 is 11.8 Å². The lowest BCUT2D eigenvalue weighted by molar-refractivity contribution is -0.236. The highest BCUT2D eigenvalue weighted by molar-refractivity contribution is 6.07. The molecule has 0 N–H and O–H groups in total. The first-order valence-corrected chi connectivity index (χ1v) is 4.53. The Bertz CT molecular complexity index is 357. The van der Waals surface area contributed by atoms with E-state index in [1.54, 1.807) is 0 Å². The molecule has 0 aromatic rings. The smallest absolute Gasteiger partial charge is 0.284 e. The van der Waals surface area contributed by atoms with Crippen molar-refractivity contribution in [1.29, 1.82) is 0 Å². The van der Waals surface area contributed by atoms with Crippen LogP contribution in [-0.4, -0.2) is 54.2 Å². The summed E-state index contributed by atoms with van der Waals surface area (Å²) in [6.45, 7) is 0. The van der Waals surface area contributed by atoms with Crippen molar-refractivity contribution in [2.75, 3.05) is 14.1 Å². The molecule has 2 aliphatic heterocycles. The molecule has 0 radical (unpaired) electrons. The van der Waals surface area contributed by atoms with E-state index < -0.39 is 36.1 Å². The number of amides is 2. The van der Waals surface area contributed by atoms with Gasteiger partial charge in [-0.2, -0.15) is 18.2 Å². The number of imide groups is 1. The second kappa shape index (κ2) is 3.17. The van der Waals surface area contributed by atoms with Gasteiger partial charge in [0.2, 0.25) is 5.91 Å². The Kier molecular flexibility index (Phi) is 2.25. The van der Waals surface area contributed by atoms with Crippen LogP contribution in [0.2, 0.25) is 0 Å². The molecule has 0 aromatic heterocycles. The molecule has 0 aliphatic carbocycles. The second-order valence-electron chi connectivity index (χ2n) is 3.82. The topological polar surface area (TPSA) is 49.9 Å². The summed E-state index contributed by atoms with van der Waals surface area (Å²) in [6, 6.07) is -2.06. The van der Waals surface area contributed by atoms with Gasteiger partial charge in [-0.25, -0.2) is 0 Å². The van der Waals surface area contributed by atoms with Crippen LogP contribution in [-0.2, 0) is 14.4 Å². The van der Waals surface area contributed by atoms with Crippen molar-refractivity contribution in [3.8, 4) is 0 Å². The normalized spacial score (nSPS) is 36.1. The third-order valence-corrected chi connectivity index (χ3v) is 2.86. The molecule has 2 heterocycles. The molecule has 0 spiro atoms. The van der Waals surface area contributed by atoms with Gasteiger partial charge in [0.25, 0.3) is 5.91 Å². The van der Waals surface area contributed by atoms with E-state index in [0.717, 1.165) is 14.1 Å². The van der Waals surface area contributed by atoms with Crippen molar-refractivity contribution in [1.82, 2.24) is 9.96 Å². The van der Waals surface area contributed by atoms with E-state index >= 15 is 0 Å². The van der Waals surface area contributed by atoms with E-state index in [1.165, 1.54) is 0 Å². The Labute approximate surface area is 88.7 Å². The molecule has 3 atom stereocenters. The zero-order chi connectivity index (χ0) is 12.2. The number of hydroxylamine groups is 2. The number of fused-ring (bicyclic) bond motifs is 1. The van der Waals surface area contributed by atoms with Gasteiger partial charge in [-0.1, -0.05) is 0 Å². The van der Waals surface area contributed by atoms with Crippen LogP contribution in [0.1, 0.15) is 0 Å². The van der Waals surface area contributed by atoms with E-state index in [4.69, 9.17) is 4.84 Å². The Hall–Kier alpha value is -1.15. The summed E-state index contributed by atoms with van der Waals surface area (Å²) >= 11 is 0. The zero-order valence-electron chi connectivity index (χ0n) is 8.49. The minimum Gasteiger partial charge on any atom is -0.284 e. The number of carbonyl (C=O) groups excluding carboxylic acids is 2. The van der Waals surface area contributed by atoms with Gasteiger partial charge in [0.05, 0.1) is 0 Å². The predicted octanol–water partition coefficient (Wildman–Crippen LogP) is -0.222. The van der Waals surface area contributed by atoms with Gasteiger partial charge in [-0.3, -0.25) is 19.3 Å². The van der Waals surface area contributed by atoms with Gasteiger partial charge in [0, 0.05) is 14.1 Å². The van der Waals surface area contributed by atoms with Crippen LogP contribution >= 0.6 is 0 Å². The predicted molar refractivity (Wildman–Crippen MR) is 43.7 cm³/mol. The number of hydrogen-bond donors (Lipinski definition) is 0. The van der Waals surface area contributed by atoms with Crippen LogP contribution in [0.3, 0.4) is 0 Å². The fraction of sp³-hybridized carbons (Fsp3) is 0.750. The maximum atomic E-state index is 12.7. The van der Waals surface area contributed by atoms with Crippen molar-refractivity contribution in [2.45, 2.75) is 18.3 Å². The summed E-state index contributed by atoms with van der Waals surface area (Å²) in [5.74, 6) is -3.06. The number of rotatable bonds is 0. The van der Waals surface area contributed by atoms with Gasteiger partial charge >= 0.3 is 6.18 Å². The van der Waals surface area contributed by atoms with Crippen LogP contribution in [0.4, 0.5) is 13.2 Å². The van der Waals surface area contributed by atoms with E-state index in [1.807, 2.05) is 0 Å². The van der Waals surface area contributed by atoms with E-state index in [-0.39, 0.29) is 0 Å². The molecule has 0 unspecified atom stereocenters. The first kappa shape index (κ1) is 11.3. The van der Waals surface area contributed by atoms with E-state index in [0.29, 0.717) is 9.96 Å². The largest absolute Gasteiger partial charge is 0.407 e. The van der Waals surface area contributed by atoms with Crippen molar-refractivity contribution < 1.29 is 27.6 Å². The molecule has 0 bridgehead atoms. The Balaban J connectivity index is 2.37. The van der Waals surface area contributed by atoms with Crippen LogP contribution in [0.25, 0.3) is 0 Å². The number of alkyl halides is 3. The van der Waals surface area contributed by atoms with Crippen LogP contribution in [0, 0.1) is 5.92 Å². The molecule has 0 aromatic carbocycles. The number of hydrogen-bond acceptors (Lipinski definition) is 4. The highest BCUT2D eigenvalue weighted by atomic mass is 19.4. The molecule has 5 nitrogen and oxygen atoms in total. The lowest BCUT2D eigenvalue weighted by Gasteiger charge is -2.24. The fourth-order valence-corrected chi connectivity index (χ4v) is 2.10. The Morgan fingerprint density at radius 1 is 1.19 bits per heavy atom. The minimum absolute atomic E-state index is 0.540. The maximum absolute atomic E-state index is 12.7. The summed E-state index contributed by atoms with van der Waals surface area (Å²) in [5.41, 5.74) is 0. The summed E-state index contributed by atoms with van der Waals surface area (Å²) in [7, 11) is 2.22. The van der Waals surface area contributed by atoms with Crippen LogP contribution in [0.5, 0.6) is 0 Å². The number of likely N-dealkylation sites (tertiary alicyclic amines) is 1. The quantitative estimate of drug-likeness (QED) is 0.547. The lowest BCUT2D eigenvalue weighted by atomic mass is 9.96. The van der Waals surface area contributed by atoms with Gasteiger partial charge in [0.15, 0.2) is 6.10 Å². The molecule has 0 saturated carbocycles. The van der Waals surface area contributed by atoms with Crippen LogP contribution < -0.4 is 0 Å². The molecule has 2 aliphatic rings. The molecule has 2 saturated heterocycles. The number of halogens is 3. The number of likely N-dealkylation sites (N-methyl/N-ethyl adjacent to an activating group) is 1. The van der Waals surface area contributed by atoms with Gasteiger partial charge in [0.1, 0.15) is 12.0 Å². The third kappa shape index (κ3) is 1.33. The van der Waals surface area contributed by atoms with Gasteiger partial charge < -0.3 is 0 Å². The van der Waals surface area contributed by atoms with Crippen molar-refractivity contribution in [2.24, 2.45) is 5.92 Å². The Morgan fingerprint density at radius 3 is 2.25 bits per heavy atom. The monoisotopic (exact) mass is 238 g/mol. The molecule has 2 amide bonds. The molecule has 2 fully saturated rings. The molecular weight excluding hydrogens is 229 g/mol. The van der Waals surface area contributed by atoms with Gasteiger partial charge in [-0.05, 0) is 0 Å². The molecule has 16 heavy (non-hydrogen) atoms. The number of nitrogens with zero attached hydrogens (tertiary/aromatic N) is 2. The first-order valence-electron chi connectivity index (χ1n) is 4.53. The van der Waals surface area contributed by atoms with Crippen LogP contribution in [0.15, 0.2) is 0 Å². The van der Waals surface area contributed by atoms with E-state index in [2.05, 4.69) is 0 Å². The molecule has 2 rings (SSSR count). The molecular formula is C8H9F3N2O3. The number of carbonyl (C=O) groups is 2. The first-order chi connectivity index (χ1) is 7.25. The zero-order valence-corrected chi connectivity index (χ0v) is 8.49. The second-order valence-corrected chi connectivity index (χ2v) is 3.82. The summed E-state index contributed by atoms with van der Waals surface area (Å²) in [6.07, 6.45) is -5.94. The van der Waals surface area contributed by atoms with E-state index in [9.17, 15) is 22.8 Å². The summed E-state index contributed by atoms with van der Waals surface area (Å²) in [5, 5.41) is 0.540. The highest BCUT2D eigenvalue weighted by Crippen LogP contribution is 2.41. The minimum atomic E-state index is -4.60. The lowest BCUT2D eigenvalue weighted by Crippen LogP contribution is -2.46. The summed E-state index contributed by atoms with van der Waals surface area (Å²) in [4.78, 5) is 28.4. The third-order valence-electron chi connectivity index (χ3n) is 2.86. The Morgan fingerprint density at radius 2 is 1.75 bits per heavy atom. The molecule has 90 valence electrons. The average molecular weight is 238 g/mol. The van der Waals surface area contributed by atoms with Crippen molar-refractivity contribution in [3.63, 3.8) is 0 Å². The van der Waals surface area contributed by atoms with Crippen molar-refractivity contribution in [3.05, 3.63) is 0 Å².